The molecule has 2 aliphatic heterocycles. The van der Waals surface area contributed by atoms with Crippen LogP contribution in [0.1, 0.15) is 33.9 Å². The van der Waals surface area contributed by atoms with Crippen molar-refractivity contribution in [2.45, 2.75) is 35.4 Å². The molecule has 1 aromatic heterocycles. The summed E-state index contributed by atoms with van der Waals surface area (Å²) in [5.74, 6) is -1.76. The zero-order chi connectivity index (χ0) is 30.3. The number of aromatic nitrogens is 1. The number of benzene rings is 3. The maximum Gasteiger partial charge on any atom is 0.416 e. The van der Waals surface area contributed by atoms with Crippen molar-refractivity contribution in [2.24, 2.45) is 29.6 Å². The molecular formula is C33H25F3N2O4S2. The van der Waals surface area contributed by atoms with Crippen LogP contribution in [0.25, 0.3) is 0 Å². The molecule has 4 aromatic rings. The van der Waals surface area contributed by atoms with Crippen molar-refractivity contribution < 1.29 is 27.5 Å². The zero-order valence-electron chi connectivity index (χ0n) is 23.0. The Morgan fingerprint density at radius 1 is 0.886 bits per heavy atom. The predicted molar refractivity (Wildman–Crippen MR) is 160 cm³/mol. The van der Waals surface area contributed by atoms with Gasteiger partial charge < -0.3 is 9.72 Å². The van der Waals surface area contributed by atoms with E-state index in [9.17, 15) is 27.6 Å². The predicted octanol–water partition coefficient (Wildman–Crippen LogP) is 6.71. The van der Waals surface area contributed by atoms with E-state index in [1.54, 1.807) is 11.8 Å². The second kappa shape index (κ2) is 10.1. The zero-order valence-corrected chi connectivity index (χ0v) is 24.6. The molecule has 4 aliphatic rings. The van der Waals surface area contributed by atoms with Gasteiger partial charge in [0.2, 0.25) is 11.8 Å². The molecule has 2 bridgehead atoms. The van der Waals surface area contributed by atoms with E-state index < -0.39 is 35.4 Å². The molecule has 7 atom stereocenters. The van der Waals surface area contributed by atoms with Crippen molar-refractivity contribution in [3.8, 4) is 5.75 Å². The summed E-state index contributed by atoms with van der Waals surface area (Å²) >= 11 is 2.75. The van der Waals surface area contributed by atoms with E-state index in [1.807, 2.05) is 54.6 Å². The third-order valence-corrected chi connectivity index (χ3v) is 12.2. The maximum absolute atomic E-state index is 13.9. The second-order valence-electron chi connectivity index (χ2n) is 11.9. The van der Waals surface area contributed by atoms with E-state index in [1.165, 1.54) is 23.5 Å². The van der Waals surface area contributed by atoms with Crippen LogP contribution in [0.3, 0.4) is 0 Å². The molecular weight excluding hydrogens is 610 g/mol. The molecule has 3 aromatic carbocycles. The highest BCUT2D eigenvalue weighted by atomic mass is 32.2. The minimum Gasteiger partial charge on any atom is -0.489 e. The van der Waals surface area contributed by atoms with Crippen LogP contribution in [0.4, 0.5) is 18.9 Å². The number of rotatable bonds is 5. The summed E-state index contributed by atoms with van der Waals surface area (Å²) in [6.45, 7) is 0.430. The number of hydrogen-bond donors (Lipinski definition) is 1. The summed E-state index contributed by atoms with van der Waals surface area (Å²) in [5.41, 5.74) is 1.12. The van der Waals surface area contributed by atoms with Gasteiger partial charge in [-0.1, -0.05) is 59.9 Å². The number of thiazole rings is 1. The number of H-pyrrole nitrogens is 1. The number of alkyl halides is 3. The molecule has 8 rings (SSSR count). The van der Waals surface area contributed by atoms with Crippen LogP contribution in [0.5, 0.6) is 5.75 Å². The Bertz CT molecular complexity index is 1840. The van der Waals surface area contributed by atoms with Gasteiger partial charge in [0, 0.05) is 16.0 Å². The Labute approximate surface area is 258 Å². The summed E-state index contributed by atoms with van der Waals surface area (Å²) in [4.78, 5) is 45.0. The lowest BCUT2D eigenvalue weighted by Crippen LogP contribution is -2.42. The molecule has 3 heterocycles. The molecule has 1 N–H and O–H groups in total. The van der Waals surface area contributed by atoms with Gasteiger partial charge in [0.05, 0.1) is 28.1 Å². The van der Waals surface area contributed by atoms with Crippen molar-refractivity contribution >= 4 is 40.6 Å². The first-order valence-corrected chi connectivity index (χ1v) is 16.1. The number of halogens is 3. The number of amides is 2. The molecule has 0 unspecified atom stereocenters. The van der Waals surface area contributed by atoms with Gasteiger partial charge in [0.25, 0.3) is 0 Å². The Morgan fingerprint density at radius 3 is 2.34 bits per heavy atom. The highest BCUT2D eigenvalue weighted by Crippen LogP contribution is 2.68. The first kappa shape index (κ1) is 27.7. The fraction of sp³-hybridized carbons (Fsp3) is 0.303. The lowest BCUT2D eigenvalue weighted by Gasteiger charge is -2.43. The third kappa shape index (κ3) is 4.27. The molecule has 11 heteroatoms. The fourth-order valence-electron chi connectivity index (χ4n) is 7.98. The number of carbonyl (C=O) groups is 2. The van der Waals surface area contributed by atoms with E-state index in [0.717, 1.165) is 38.1 Å². The number of carbonyl (C=O) groups excluding carboxylic acids is 2. The number of anilines is 1. The van der Waals surface area contributed by atoms with Gasteiger partial charge in [-0.2, -0.15) is 13.2 Å². The number of aromatic amines is 1. The van der Waals surface area contributed by atoms with Crippen LogP contribution in [-0.4, -0.2) is 22.0 Å². The largest absolute Gasteiger partial charge is 0.489 e. The molecule has 2 saturated carbocycles. The van der Waals surface area contributed by atoms with Gasteiger partial charge in [-0.05, 0) is 65.6 Å². The minimum absolute atomic E-state index is 0.0144. The van der Waals surface area contributed by atoms with Gasteiger partial charge in [-0.15, -0.1) is 11.8 Å². The average Bonchev–Trinajstić information content (AvgIpc) is 3.75. The van der Waals surface area contributed by atoms with Crippen molar-refractivity contribution in [1.82, 2.24) is 4.98 Å². The maximum atomic E-state index is 13.9. The molecule has 3 fully saturated rings. The highest BCUT2D eigenvalue weighted by molar-refractivity contribution is 8.00. The number of hydrogen-bond acceptors (Lipinski definition) is 6. The summed E-state index contributed by atoms with van der Waals surface area (Å²) in [6, 6.07) is 22.1. The first-order chi connectivity index (χ1) is 21.2. The molecule has 6 nitrogen and oxygen atoms in total. The van der Waals surface area contributed by atoms with Gasteiger partial charge in [-0.3, -0.25) is 19.3 Å². The van der Waals surface area contributed by atoms with Crippen LogP contribution in [0.15, 0.2) is 88.7 Å². The number of imide groups is 1. The lowest BCUT2D eigenvalue weighted by atomic mass is 9.68. The fourth-order valence-corrected chi connectivity index (χ4v) is 10.9. The van der Waals surface area contributed by atoms with E-state index in [2.05, 4.69) is 4.98 Å². The second-order valence-corrected chi connectivity index (χ2v) is 14.1. The normalized spacial score (nSPS) is 28.6. The Hall–Kier alpha value is -3.83. The molecule has 2 amide bonds. The number of fused-ring (bicyclic) bond motifs is 9. The molecule has 44 heavy (non-hydrogen) atoms. The molecule has 224 valence electrons. The van der Waals surface area contributed by atoms with Crippen molar-refractivity contribution in [3.05, 3.63) is 110 Å². The third-order valence-electron chi connectivity index (χ3n) is 9.64. The van der Waals surface area contributed by atoms with Crippen molar-refractivity contribution in [2.75, 3.05) is 4.90 Å². The Kier molecular flexibility index (Phi) is 6.36. The SMILES string of the molecule is O=C1[C@H]2[C@H]3C[C@@H]([C@@H]2C(=O)N1c1cccc(C(F)(F)F)c1)[C@H]1[C@H](c2ccc(OCc4ccccc4)cc2)c2sc(=O)[nH]c2S[C@H]31. The molecule has 0 radical (unpaired) electrons. The monoisotopic (exact) mass is 634 g/mol. The molecule has 0 spiro atoms. The molecule has 2 aliphatic carbocycles. The van der Waals surface area contributed by atoms with E-state index in [0.29, 0.717) is 18.8 Å². The summed E-state index contributed by atoms with van der Waals surface area (Å²) < 4.78 is 46.4. The Morgan fingerprint density at radius 2 is 1.61 bits per heavy atom. The molecule has 1 saturated heterocycles. The van der Waals surface area contributed by atoms with Gasteiger partial charge in [0.15, 0.2) is 0 Å². The first-order valence-electron chi connectivity index (χ1n) is 14.4. The van der Waals surface area contributed by atoms with Crippen LogP contribution < -0.4 is 14.5 Å². The van der Waals surface area contributed by atoms with E-state index >= 15 is 0 Å². The number of ether oxygens (including phenoxy) is 1. The van der Waals surface area contributed by atoms with Gasteiger partial charge in [-0.25, -0.2) is 0 Å². The van der Waals surface area contributed by atoms with Crippen LogP contribution in [0, 0.1) is 29.6 Å². The Balaban J connectivity index is 1.12. The lowest BCUT2D eigenvalue weighted by molar-refractivity contribution is -0.137. The van der Waals surface area contributed by atoms with E-state index in [-0.39, 0.29) is 39.5 Å². The van der Waals surface area contributed by atoms with Crippen molar-refractivity contribution in [1.29, 1.82) is 0 Å². The standard InChI is InChI=1S/C33H25F3N2O4S2/c34-33(35,36)18-7-4-8-19(13-18)38-30(39)25-21-14-22(26(25)31(38)40)27-24(21)23(28-29(43-27)37-32(41)44-28)17-9-11-20(12-10-17)42-15-16-5-2-1-3-6-16/h1-13,21-27H,14-15H2,(H,37,41)/t21-,22-,23+,24+,25+,26+,27-/m1/s1. The summed E-state index contributed by atoms with van der Waals surface area (Å²) in [5, 5.41) is 0.780. The van der Waals surface area contributed by atoms with Crippen LogP contribution in [-0.2, 0) is 22.4 Å². The van der Waals surface area contributed by atoms with Crippen LogP contribution >= 0.6 is 23.1 Å². The topological polar surface area (TPSA) is 79.5 Å². The van der Waals surface area contributed by atoms with E-state index in [4.69, 9.17) is 4.74 Å². The summed E-state index contributed by atoms with van der Waals surface area (Å²) in [6.07, 6.45) is -3.90. The number of thioether (sulfide) groups is 1. The summed E-state index contributed by atoms with van der Waals surface area (Å²) in [7, 11) is 0. The number of nitrogens with one attached hydrogen (secondary N) is 1. The highest BCUT2D eigenvalue weighted by Gasteiger charge is 2.69. The quantitative estimate of drug-likeness (QED) is 0.247. The number of nitrogens with zero attached hydrogens (tertiary/aromatic N) is 1. The minimum atomic E-state index is -4.59. The smallest absolute Gasteiger partial charge is 0.416 e. The van der Waals surface area contributed by atoms with Gasteiger partial charge in [0.1, 0.15) is 12.4 Å². The average molecular weight is 635 g/mol. The van der Waals surface area contributed by atoms with Crippen LogP contribution in [0.2, 0.25) is 0 Å². The van der Waals surface area contributed by atoms with Crippen molar-refractivity contribution in [3.63, 3.8) is 0 Å². The van der Waals surface area contributed by atoms with Gasteiger partial charge >= 0.3 is 11.0 Å².